The zero-order chi connectivity index (χ0) is 8.39. The van der Waals surface area contributed by atoms with Crippen LogP contribution in [0.2, 0.25) is 0 Å². The van der Waals surface area contributed by atoms with Crippen molar-refractivity contribution in [3.05, 3.63) is 5.51 Å². The summed E-state index contributed by atoms with van der Waals surface area (Å²) in [5.74, 6) is 0.888. The molecule has 1 aliphatic carbocycles. The van der Waals surface area contributed by atoms with Crippen LogP contribution < -0.4 is 5.32 Å². The maximum absolute atomic E-state index is 3.95. The first-order valence-electron chi connectivity index (χ1n) is 4.43. The minimum Gasteiger partial charge on any atom is -0.357 e. The lowest BCUT2D eigenvalue weighted by Crippen LogP contribution is -2.03. The number of nitrogens with zero attached hydrogens (tertiary/aromatic N) is 2. The van der Waals surface area contributed by atoms with Crippen LogP contribution in [0.5, 0.6) is 0 Å². The molecule has 0 saturated heterocycles. The monoisotopic (exact) mass is 183 g/mol. The van der Waals surface area contributed by atoms with E-state index < -0.39 is 0 Å². The summed E-state index contributed by atoms with van der Waals surface area (Å²) < 4.78 is 0. The summed E-state index contributed by atoms with van der Waals surface area (Å²) in [6, 6.07) is 0.679. The van der Waals surface area contributed by atoms with Gasteiger partial charge in [0.1, 0.15) is 5.51 Å². The number of nitrogens with one attached hydrogen (secondary N) is 1. The first-order valence-corrected chi connectivity index (χ1v) is 5.31. The minimum atomic E-state index is 0.679. The highest BCUT2D eigenvalue weighted by Gasteiger charge is 2.36. The molecular weight excluding hydrogens is 170 g/mol. The average molecular weight is 183 g/mol. The number of hydrogen-bond acceptors (Lipinski definition) is 4. The molecule has 2 unspecified atom stereocenters. The van der Waals surface area contributed by atoms with Crippen molar-refractivity contribution >= 4 is 16.5 Å². The van der Waals surface area contributed by atoms with E-state index in [2.05, 4.69) is 22.4 Å². The van der Waals surface area contributed by atoms with Gasteiger partial charge in [-0.15, -0.1) is 10.2 Å². The fourth-order valence-corrected chi connectivity index (χ4v) is 2.02. The lowest BCUT2D eigenvalue weighted by atomic mass is 10.2. The van der Waals surface area contributed by atoms with Crippen LogP contribution in [0, 0.1) is 5.92 Å². The van der Waals surface area contributed by atoms with E-state index in [-0.39, 0.29) is 0 Å². The van der Waals surface area contributed by atoms with Crippen molar-refractivity contribution in [1.29, 1.82) is 0 Å². The number of rotatable bonds is 4. The lowest BCUT2D eigenvalue weighted by Gasteiger charge is -1.98. The Morgan fingerprint density at radius 2 is 2.67 bits per heavy atom. The van der Waals surface area contributed by atoms with Gasteiger partial charge in [0.25, 0.3) is 0 Å². The predicted octanol–water partition coefficient (Wildman–Crippen LogP) is 2.14. The standard InChI is InChI=1S/C8H13N3S/c1-2-3-6-4-7(6)10-8-11-9-5-12-8/h5-7H,2-4H2,1H3,(H,10,11). The van der Waals surface area contributed by atoms with E-state index in [0.717, 1.165) is 11.0 Å². The molecule has 0 aliphatic heterocycles. The third-order valence-corrected chi connectivity index (χ3v) is 2.87. The molecular formula is C8H13N3S. The van der Waals surface area contributed by atoms with Crippen LogP contribution >= 0.6 is 11.3 Å². The van der Waals surface area contributed by atoms with Crippen LogP contribution in [-0.4, -0.2) is 16.2 Å². The summed E-state index contributed by atoms with van der Waals surface area (Å²) in [5.41, 5.74) is 1.76. The van der Waals surface area contributed by atoms with Gasteiger partial charge in [0.2, 0.25) is 5.13 Å². The van der Waals surface area contributed by atoms with E-state index in [4.69, 9.17) is 0 Å². The molecule has 1 aliphatic rings. The van der Waals surface area contributed by atoms with Crippen molar-refractivity contribution in [2.45, 2.75) is 32.2 Å². The van der Waals surface area contributed by atoms with Crippen molar-refractivity contribution in [3.63, 3.8) is 0 Å². The molecule has 4 heteroatoms. The summed E-state index contributed by atoms with van der Waals surface area (Å²) in [5, 5.41) is 12.1. The highest BCUT2D eigenvalue weighted by atomic mass is 32.1. The zero-order valence-electron chi connectivity index (χ0n) is 7.16. The van der Waals surface area contributed by atoms with Gasteiger partial charge in [0.15, 0.2) is 0 Å². The molecule has 2 rings (SSSR count). The Bertz CT molecular complexity index is 234. The molecule has 1 aromatic rings. The molecule has 66 valence electrons. The molecule has 12 heavy (non-hydrogen) atoms. The van der Waals surface area contributed by atoms with Gasteiger partial charge in [-0.3, -0.25) is 0 Å². The third-order valence-electron chi connectivity index (χ3n) is 2.25. The molecule has 0 radical (unpaired) electrons. The average Bonchev–Trinajstić information content (AvgIpc) is 2.62. The minimum absolute atomic E-state index is 0.679. The maximum Gasteiger partial charge on any atom is 0.205 e. The van der Waals surface area contributed by atoms with Crippen molar-refractivity contribution in [2.75, 3.05) is 5.32 Å². The van der Waals surface area contributed by atoms with Crippen LogP contribution in [0.3, 0.4) is 0 Å². The lowest BCUT2D eigenvalue weighted by molar-refractivity contribution is 0.692. The van der Waals surface area contributed by atoms with Gasteiger partial charge in [-0.1, -0.05) is 24.7 Å². The molecule has 2 atom stereocenters. The number of aromatic nitrogens is 2. The molecule has 0 spiro atoms. The molecule has 0 bridgehead atoms. The second-order valence-corrected chi connectivity index (χ2v) is 4.11. The maximum atomic E-state index is 3.95. The second kappa shape index (κ2) is 3.39. The van der Waals surface area contributed by atoms with Crippen molar-refractivity contribution in [1.82, 2.24) is 10.2 Å². The summed E-state index contributed by atoms with van der Waals surface area (Å²) in [6.07, 6.45) is 3.95. The van der Waals surface area contributed by atoms with Crippen molar-refractivity contribution in [3.8, 4) is 0 Å². The molecule has 1 saturated carbocycles. The Labute approximate surface area is 76.2 Å². The Morgan fingerprint density at radius 3 is 3.33 bits per heavy atom. The fraction of sp³-hybridized carbons (Fsp3) is 0.750. The summed E-state index contributed by atoms with van der Waals surface area (Å²) in [6.45, 7) is 2.24. The van der Waals surface area contributed by atoms with Gasteiger partial charge in [0.05, 0.1) is 0 Å². The summed E-state index contributed by atoms with van der Waals surface area (Å²) in [7, 11) is 0. The second-order valence-electron chi connectivity index (χ2n) is 3.28. The van der Waals surface area contributed by atoms with Gasteiger partial charge in [0, 0.05) is 6.04 Å². The molecule has 1 aromatic heterocycles. The molecule has 1 fully saturated rings. The number of anilines is 1. The van der Waals surface area contributed by atoms with E-state index in [9.17, 15) is 0 Å². The van der Waals surface area contributed by atoms with Gasteiger partial charge in [-0.05, 0) is 18.8 Å². The van der Waals surface area contributed by atoms with Crippen LogP contribution in [0.25, 0.3) is 0 Å². The summed E-state index contributed by atoms with van der Waals surface area (Å²) >= 11 is 1.58. The van der Waals surface area contributed by atoms with E-state index in [1.165, 1.54) is 19.3 Å². The number of hydrogen-bond donors (Lipinski definition) is 1. The highest BCUT2D eigenvalue weighted by Crippen LogP contribution is 2.37. The van der Waals surface area contributed by atoms with Gasteiger partial charge < -0.3 is 5.32 Å². The first-order chi connectivity index (χ1) is 5.90. The fourth-order valence-electron chi connectivity index (χ4n) is 1.51. The largest absolute Gasteiger partial charge is 0.357 e. The van der Waals surface area contributed by atoms with Gasteiger partial charge >= 0.3 is 0 Å². The van der Waals surface area contributed by atoms with Crippen LogP contribution in [0.4, 0.5) is 5.13 Å². The van der Waals surface area contributed by atoms with Gasteiger partial charge in [-0.2, -0.15) is 0 Å². The van der Waals surface area contributed by atoms with Crippen LogP contribution in [0.1, 0.15) is 26.2 Å². The van der Waals surface area contributed by atoms with E-state index in [1.54, 1.807) is 16.8 Å². The van der Waals surface area contributed by atoms with Crippen LogP contribution in [-0.2, 0) is 0 Å². The first kappa shape index (κ1) is 7.98. The predicted molar refractivity (Wildman–Crippen MR) is 50.3 cm³/mol. The van der Waals surface area contributed by atoms with Crippen molar-refractivity contribution in [2.24, 2.45) is 5.92 Å². The molecule has 0 amide bonds. The Hall–Kier alpha value is -0.640. The zero-order valence-corrected chi connectivity index (χ0v) is 7.97. The van der Waals surface area contributed by atoms with Crippen molar-refractivity contribution < 1.29 is 0 Å². The van der Waals surface area contributed by atoms with Crippen LogP contribution in [0.15, 0.2) is 5.51 Å². The smallest absolute Gasteiger partial charge is 0.205 e. The third kappa shape index (κ3) is 1.75. The Kier molecular flexibility index (Phi) is 2.26. The molecule has 3 nitrogen and oxygen atoms in total. The quantitative estimate of drug-likeness (QED) is 0.777. The molecule has 1 N–H and O–H groups in total. The van der Waals surface area contributed by atoms with E-state index in [1.807, 2.05) is 0 Å². The van der Waals surface area contributed by atoms with Gasteiger partial charge in [-0.25, -0.2) is 0 Å². The Balaban J connectivity index is 1.77. The van der Waals surface area contributed by atoms with E-state index >= 15 is 0 Å². The normalized spacial score (nSPS) is 27.1. The summed E-state index contributed by atoms with van der Waals surface area (Å²) in [4.78, 5) is 0. The highest BCUT2D eigenvalue weighted by molar-refractivity contribution is 7.13. The topological polar surface area (TPSA) is 37.8 Å². The van der Waals surface area contributed by atoms with E-state index in [0.29, 0.717) is 6.04 Å². The molecule has 1 heterocycles. The SMILES string of the molecule is CCCC1CC1Nc1nncs1. The Morgan fingerprint density at radius 1 is 1.75 bits per heavy atom. The molecule has 0 aromatic carbocycles.